The van der Waals surface area contributed by atoms with Crippen LogP contribution in [0.5, 0.6) is 0 Å². The second-order valence-corrected chi connectivity index (χ2v) is 5.24. The van der Waals surface area contributed by atoms with Crippen molar-refractivity contribution in [2.45, 2.75) is 51.5 Å². The summed E-state index contributed by atoms with van der Waals surface area (Å²) in [5, 5.41) is 12.4. The van der Waals surface area contributed by atoms with Gasteiger partial charge in [0, 0.05) is 6.54 Å². The quantitative estimate of drug-likeness (QED) is 0.706. The smallest absolute Gasteiger partial charge is 0.320 e. The highest BCUT2D eigenvalue weighted by Crippen LogP contribution is 2.43. The number of hydrogen-bond donors (Lipinski definition) is 2. The van der Waals surface area contributed by atoms with Crippen molar-refractivity contribution >= 4 is 5.97 Å². The van der Waals surface area contributed by atoms with Crippen molar-refractivity contribution in [2.75, 3.05) is 6.54 Å². The fraction of sp³-hybridized carbons (Fsp3) is 0.917. The molecule has 86 valence electrons. The summed E-state index contributed by atoms with van der Waals surface area (Å²) in [7, 11) is 0. The zero-order chi connectivity index (χ0) is 10.9. The van der Waals surface area contributed by atoms with Gasteiger partial charge in [-0.2, -0.15) is 0 Å². The third kappa shape index (κ3) is 2.33. The fourth-order valence-electron chi connectivity index (χ4n) is 2.54. The first kappa shape index (κ1) is 10.9. The molecule has 2 aliphatic carbocycles. The Morgan fingerprint density at radius 2 is 2.20 bits per heavy atom. The van der Waals surface area contributed by atoms with E-state index < -0.39 is 5.97 Å². The monoisotopic (exact) mass is 211 g/mol. The van der Waals surface area contributed by atoms with Gasteiger partial charge in [0.1, 0.15) is 6.04 Å². The zero-order valence-electron chi connectivity index (χ0n) is 9.46. The van der Waals surface area contributed by atoms with E-state index in [0.717, 1.165) is 19.4 Å². The minimum absolute atomic E-state index is 0.283. The average molecular weight is 211 g/mol. The summed E-state index contributed by atoms with van der Waals surface area (Å²) in [6.45, 7) is 3.12. The molecule has 0 heterocycles. The van der Waals surface area contributed by atoms with Crippen molar-refractivity contribution in [3.63, 3.8) is 0 Å². The lowest BCUT2D eigenvalue weighted by Crippen LogP contribution is -2.47. The van der Waals surface area contributed by atoms with E-state index in [9.17, 15) is 4.79 Å². The van der Waals surface area contributed by atoms with E-state index in [2.05, 4.69) is 12.2 Å². The molecule has 0 aromatic rings. The van der Waals surface area contributed by atoms with Crippen LogP contribution in [0.2, 0.25) is 0 Å². The number of hydrogen-bond acceptors (Lipinski definition) is 2. The van der Waals surface area contributed by atoms with Gasteiger partial charge in [0.05, 0.1) is 0 Å². The van der Waals surface area contributed by atoms with E-state index in [1.165, 1.54) is 25.7 Å². The lowest BCUT2D eigenvalue weighted by Gasteiger charge is -2.42. The molecule has 0 aromatic carbocycles. The molecule has 3 heteroatoms. The topological polar surface area (TPSA) is 49.3 Å². The van der Waals surface area contributed by atoms with Gasteiger partial charge in [0.25, 0.3) is 0 Å². The van der Waals surface area contributed by atoms with Crippen LogP contribution in [0, 0.1) is 11.3 Å². The molecule has 0 aliphatic heterocycles. The molecule has 2 rings (SSSR count). The maximum absolute atomic E-state index is 11.0. The molecule has 2 aliphatic rings. The molecule has 1 unspecified atom stereocenters. The molecule has 0 spiro atoms. The van der Waals surface area contributed by atoms with E-state index in [-0.39, 0.29) is 6.04 Å². The van der Waals surface area contributed by atoms with Gasteiger partial charge < -0.3 is 10.4 Å². The van der Waals surface area contributed by atoms with Crippen LogP contribution in [0.4, 0.5) is 0 Å². The molecule has 2 N–H and O–H groups in total. The molecule has 0 amide bonds. The molecule has 2 fully saturated rings. The zero-order valence-corrected chi connectivity index (χ0v) is 9.46. The highest BCUT2D eigenvalue weighted by molar-refractivity contribution is 5.74. The predicted molar refractivity (Wildman–Crippen MR) is 58.7 cm³/mol. The Hall–Kier alpha value is -0.570. The van der Waals surface area contributed by atoms with Gasteiger partial charge in [-0.3, -0.25) is 4.79 Å². The van der Waals surface area contributed by atoms with E-state index in [1.807, 2.05) is 0 Å². The number of carboxylic acid groups (broad SMARTS) is 1. The van der Waals surface area contributed by atoms with Crippen molar-refractivity contribution in [2.24, 2.45) is 11.3 Å². The SMILES string of the molecule is CCC1(CNC(C(=O)O)C2CC2)CCC1. The number of carboxylic acids is 1. The first-order chi connectivity index (χ1) is 7.17. The molecular weight excluding hydrogens is 190 g/mol. The Bertz CT molecular complexity index is 238. The Morgan fingerprint density at radius 1 is 1.53 bits per heavy atom. The Morgan fingerprint density at radius 3 is 2.53 bits per heavy atom. The van der Waals surface area contributed by atoms with Crippen LogP contribution in [0.25, 0.3) is 0 Å². The third-order valence-corrected chi connectivity index (χ3v) is 4.22. The van der Waals surface area contributed by atoms with Gasteiger partial charge in [0.15, 0.2) is 0 Å². The highest BCUT2D eigenvalue weighted by Gasteiger charge is 2.40. The second-order valence-electron chi connectivity index (χ2n) is 5.24. The van der Waals surface area contributed by atoms with Gasteiger partial charge in [-0.25, -0.2) is 0 Å². The number of rotatable bonds is 6. The van der Waals surface area contributed by atoms with E-state index >= 15 is 0 Å². The Labute approximate surface area is 91.2 Å². The molecule has 1 atom stereocenters. The van der Waals surface area contributed by atoms with Crippen LogP contribution < -0.4 is 5.32 Å². The maximum atomic E-state index is 11.0. The van der Waals surface area contributed by atoms with Crippen molar-refractivity contribution in [3.05, 3.63) is 0 Å². The minimum Gasteiger partial charge on any atom is -0.480 e. The summed E-state index contributed by atoms with van der Waals surface area (Å²) in [5.74, 6) is -0.264. The van der Waals surface area contributed by atoms with Gasteiger partial charge in [0.2, 0.25) is 0 Å². The number of nitrogens with one attached hydrogen (secondary N) is 1. The summed E-state index contributed by atoms with van der Waals surface area (Å²) < 4.78 is 0. The molecular formula is C12H21NO2. The van der Waals surface area contributed by atoms with Crippen molar-refractivity contribution in [1.29, 1.82) is 0 Å². The summed E-state index contributed by atoms with van der Waals surface area (Å²) in [6, 6.07) is -0.283. The molecule has 3 nitrogen and oxygen atoms in total. The van der Waals surface area contributed by atoms with Gasteiger partial charge in [-0.05, 0) is 43.4 Å². The Balaban J connectivity index is 1.82. The maximum Gasteiger partial charge on any atom is 0.320 e. The van der Waals surface area contributed by atoms with Crippen molar-refractivity contribution in [3.8, 4) is 0 Å². The van der Waals surface area contributed by atoms with Crippen LogP contribution in [0.15, 0.2) is 0 Å². The molecule has 2 saturated carbocycles. The van der Waals surface area contributed by atoms with Crippen molar-refractivity contribution < 1.29 is 9.90 Å². The van der Waals surface area contributed by atoms with Crippen LogP contribution in [-0.2, 0) is 4.79 Å². The summed E-state index contributed by atoms with van der Waals surface area (Å²) in [6.07, 6.45) is 7.21. The summed E-state index contributed by atoms with van der Waals surface area (Å²) >= 11 is 0. The van der Waals surface area contributed by atoms with Crippen molar-refractivity contribution in [1.82, 2.24) is 5.32 Å². The van der Waals surface area contributed by atoms with E-state index in [4.69, 9.17) is 5.11 Å². The molecule has 0 aromatic heterocycles. The standard InChI is InChI=1S/C12H21NO2/c1-2-12(6-3-7-12)8-13-10(11(14)15)9-4-5-9/h9-10,13H,2-8H2,1H3,(H,14,15). The lowest BCUT2D eigenvalue weighted by molar-refractivity contribution is -0.140. The first-order valence-electron chi connectivity index (χ1n) is 6.13. The molecule has 0 radical (unpaired) electrons. The molecule has 15 heavy (non-hydrogen) atoms. The lowest BCUT2D eigenvalue weighted by atomic mass is 9.67. The van der Waals surface area contributed by atoms with Crippen LogP contribution >= 0.6 is 0 Å². The largest absolute Gasteiger partial charge is 0.480 e. The summed E-state index contributed by atoms with van der Waals surface area (Å²) in [4.78, 5) is 11.0. The van der Waals surface area contributed by atoms with Gasteiger partial charge in [-0.1, -0.05) is 13.3 Å². The number of carbonyl (C=O) groups is 1. The predicted octanol–water partition coefficient (Wildman–Crippen LogP) is 2.02. The van der Waals surface area contributed by atoms with Gasteiger partial charge >= 0.3 is 5.97 Å². The van der Waals surface area contributed by atoms with Crippen LogP contribution in [0.3, 0.4) is 0 Å². The number of aliphatic carboxylic acids is 1. The first-order valence-corrected chi connectivity index (χ1v) is 6.13. The van der Waals surface area contributed by atoms with Crippen LogP contribution in [-0.4, -0.2) is 23.7 Å². The molecule has 0 bridgehead atoms. The molecule has 0 saturated heterocycles. The van der Waals surface area contributed by atoms with E-state index in [1.54, 1.807) is 0 Å². The Kier molecular flexibility index (Phi) is 3.01. The third-order valence-electron chi connectivity index (χ3n) is 4.22. The van der Waals surface area contributed by atoms with Gasteiger partial charge in [-0.15, -0.1) is 0 Å². The van der Waals surface area contributed by atoms with Crippen LogP contribution in [0.1, 0.15) is 45.4 Å². The average Bonchev–Trinajstić information content (AvgIpc) is 2.92. The minimum atomic E-state index is -0.664. The van der Waals surface area contributed by atoms with E-state index in [0.29, 0.717) is 11.3 Å². The normalized spacial score (nSPS) is 25.7. The second kappa shape index (κ2) is 4.12. The summed E-state index contributed by atoms with van der Waals surface area (Å²) in [5.41, 5.74) is 0.419. The fourth-order valence-corrected chi connectivity index (χ4v) is 2.54. The highest BCUT2D eigenvalue weighted by atomic mass is 16.4.